The summed E-state index contributed by atoms with van der Waals surface area (Å²) in [6, 6.07) is 9.05. The molecule has 25 heavy (non-hydrogen) atoms. The third-order valence-corrected chi connectivity index (χ3v) is 5.74. The number of carbonyl (C=O) groups is 1. The highest BCUT2D eigenvalue weighted by Crippen LogP contribution is 2.24. The summed E-state index contributed by atoms with van der Waals surface area (Å²) < 4.78 is 6.42. The smallest absolute Gasteiger partial charge is 0.337 e. The van der Waals surface area contributed by atoms with Gasteiger partial charge in [-0.25, -0.2) is 9.78 Å². The van der Waals surface area contributed by atoms with Crippen LogP contribution in [-0.2, 0) is 17.7 Å². The van der Waals surface area contributed by atoms with Gasteiger partial charge >= 0.3 is 5.97 Å². The van der Waals surface area contributed by atoms with Gasteiger partial charge in [-0.05, 0) is 36.4 Å². The monoisotopic (exact) mass is 374 g/mol. The second kappa shape index (κ2) is 7.41. The highest BCUT2D eigenvalue weighted by atomic mass is 32.2. The average Bonchev–Trinajstić information content (AvgIpc) is 3.07. The van der Waals surface area contributed by atoms with Crippen LogP contribution in [0.2, 0.25) is 0 Å². The number of esters is 1. The maximum absolute atomic E-state index is 12.9. The number of fused-ring (bicyclic) bond motifs is 1. The molecule has 5 nitrogen and oxygen atoms in total. The van der Waals surface area contributed by atoms with Crippen LogP contribution in [0.15, 0.2) is 40.3 Å². The molecular formula is C18H18N2O3S2. The first-order valence-corrected chi connectivity index (χ1v) is 9.86. The maximum Gasteiger partial charge on any atom is 0.337 e. The molecule has 7 heteroatoms. The summed E-state index contributed by atoms with van der Waals surface area (Å²) in [5.41, 5.74) is 1.28. The van der Waals surface area contributed by atoms with Crippen LogP contribution < -0.4 is 5.56 Å². The van der Waals surface area contributed by atoms with Gasteiger partial charge in [-0.3, -0.25) is 9.36 Å². The van der Waals surface area contributed by atoms with Crippen LogP contribution in [0.5, 0.6) is 0 Å². The Morgan fingerprint density at radius 2 is 2.16 bits per heavy atom. The second-order valence-corrected chi connectivity index (χ2v) is 7.36. The number of benzene rings is 1. The van der Waals surface area contributed by atoms with Gasteiger partial charge in [0.2, 0.25) is 0 Å². The molecule has 0 aliphatic heterocycles. The first kappa shape index (κ1) is 17.7. The fourth-order valence-corrected chi connectivity index (χ4v) is 4.18. The standard InChI is InChI=1S/C18H18N2O3S2/c1-4-13-9-14-15(25-13)19-18(24-3)20(16(14)21)10-11-6-5-7-12(8-11)17(22)23-2/h5-9H,4,10H2,1-3H3. The van der Waals surface area contributed by atoms with Crippen molar-refractivity contribution in [2.24, 2.45) is 0 Å². The predicted molar refractivity (Wildman–Crippen MR) is 102 cm³/mol. The number of aryl methyl sites for hydroxylation is 1. The zero-order valence-electron chi connectivity index (χ0n) is 14.2. The Balaban J connectivity index is 2.07. The molecule has 0 atom stereocenters. The van der Waals surface area contributed by atoms with Crippen molar-refractivity contribution in [2.45, 2.75) is 25.0 Å². The number of thioether (sulfide) groups is 1. The van der Waals surface area contributed by atoms with Gasteiger partial charge in [0.1, 0.15) is 4.83 Å². The Kier molecular flexibility index (Phi) is 5.24. The Morgan fingerprint density at radius 1 is 1.36 bits per heavy atom. The fraction of sp³-hybridized carbons (Fsp3) is 0.278. The number of rotatable bonds is 5. The number of hydrogen-bond donors (Lipinski definition) is 0. The van der Waals surface area contributed by atoms with E-state index in [2.05, 4.69) is 11.9 Å². The number of ether oxygens (including phenoxy) is 1. The molecule has 0 unspecified atom stereocenters. The zero-order valence-corrected chi connectivity index (χ0v) is 15.9. The lowest BCUT2D eigenvalue weighted by Gasteiger charge is -2.11. The Labute approximate surface area is 153 Å². The molecule has 0 amide bonds. The quantitative estimate of drug-likeness (QED) is 0.388. The van der Waals surface area contributed by atoms with Crippen LogP contribution in [0.4, 0.5) is 0 Å². The molecule has 3 rings (SSSR count). The first-order valence-electron chi connectivity index (χ1n) is 7.81. The minimum atomic E-state index is -0.390. The highest BCUT2D eigenvalue weighted by molar-refractivity contribution is 7.98. The summed E-state index contributed by atoms with van der Waals surface area (Å²) in [5.74, 6) is -0.390. The van der Waals surface area contributed by atoms with Gasteiger partial charge in [0.15, 0.2) is 5.16 Å². The molecule has 0 saturated carbocycles. The third-order valence-electron chi connectivity index (χ3n) is 3.89. The Bertz CT molecular complexity index is 992. The molecule has 0 saturated heterocycles. The molecule has 0 bridgehead atoms. The van der Waals surface area contributed by atoms with Gasteiger partial charge in [-0.1, -0.05) is 30.8 Å². The van der Waals surface area contributed by atoms with E-state index >= 15 is 0 Å². The van der Waals surface area contributed by atoms with E-state index in [0.29, 0.717) is 22.7 Å². The van der Waals surface area contributed by atoms with E-state index < -0.39 is 5.97 Å². The molecule has 0 aliphatic carbocycles. The van der Waals surface area contributed by atoms with E-state index in [0.717, 1.165) is 21.7 Å². The molecule has 2 heterocycles. The van der Waals surface area contributed by atoms with Gasteiger partial charge in [0.25, 0.3) is 5.56 Å². The van der Waals surface area contributed by atoms with E-state index in [9.17, 15) is 9.59 Å². The normalized spacial score (nSPS) is 11.0. The molecule has 0 aliphatic rings. The second-order valence-electron chi connectivity index (χ2n) is 5.47. The summed E-state index contributed by atoms with van der Waals surface area (Å²) in [6.45, 7) is 2.43. The lowest BCUT2D eigenvalue weighted by Crippen LogP contribution is -2.23. The zero-order chi connectivity index (χ0) is 18.0. The number of aromatic nitrogens is 2. The van der Waals surface area contributed by atoms with Crippen LogP contribution in [0, 0.1) is 0 Å². The van der Waals surface area contributed by atoms with Gasteiger partial charge < -0.3 is 4.74 Å². The maximum atomic E-state index is 12.9. The van der Waals surface area contributed by atoms with Crippen LogP contribution in [-0.4, -0.2) is 28.9 Å². The minimum Gasteiger partial charge on any atom is -0.465 e. The van der Waals surface area contributed by atoms with Gasteiger partial charge in [-0.2, -0.15) is 0 Å². The molecule has 1 aromatic carbocycles. The van der Waals surface area contributed by atoms with Crippen LogP contribution in [0.3, 0.4) is 0 Å². The molecule has 0 radical (unpaired) electrons. The Hall–Kier alpha value is -2.12. The van der Waals surface area contributed by atoms with Crippen molar-refractivity contribution in [2.75, 3.05) is 13.4 Å². The molecule has 3 aromatic rings. The molecule has 0 N–H and O–H groups in total. The van der Waals surface area contributed by atoms with Crippen LogP contribution in [0.25, 0.3) is 10.2 Å². The first-order chi connectivity index (χ1) is 12.1. The average molecular weight is 374 g/mol. The molecule has 0 fully saturated rings. The van der Waals surface area contributed by atoms with Crippen molar-refractivity contribution in [3.63, 3.8) is 0 Å². The molecule has 130 valence electrons. The van der Waals surface area contributed by atoms with Crippen molar-refractivity contribution >= 4 is 39.3 Å². The molecule has 2 aromatic heterocycles. The lowest BCUT2D eigenvalue weighted by atomic mass is 10.1. The SMILES string of the molecule is CCc1cc2c(=O)n(Cc3cccc(C(=O)OC)c3)c(SC)nc2s1. The summed E-state index contributed by atoms with van der Waals surface area (Å²) in [4.78, 5) is 31.2. The highest BCUT2D eigenvalue weighted by Gasteiger charge is 2.14. The van der Waals surface area contributed by atoms with Crippen molar-refractivity contribution in [1.29, 1.82) is 0 Å². The minimum absolute atomic E-state index is 0.0474. The van der Waals surface area contributed by atoms with E-state index in [-0.39, 0.29) is 5.56 Å². The number of hydrogen-bond acceptors (Lipinski definition) is 6. The van der Waals surface area contributed by atoms with E-state index in [1.807, 2.05) is 18.4 Å². The third kappa shape index (κ3) is 3.48. The van der Waals surface area contributed by atoms with Gasteiger partial charge in [0.05, 0.1) is 24.6 Å². The van der Waals surface area contributed by atoms with Gasteiger partial charge in [-0.15, -0.1) is 11.3 Å². The summed E-state index contributed by atoms with van der Waals surface area (Å²) in [6.07, 6.45) is 2.79. The van der Waals surface area contributed by atoms with Crippen molar-refractivity contribution in [3.8, 4) is 0 Å². The van der Waals surface area contributed by atoms with E-state index in [1.54, 1.807) is 34.1 Å². The van der Waals surface area contributed by atoms with Crippen molar-refractivity contribution < 1.29 is 9.53 Å². The predicted octanol–water partition coefficient (Wildman–Crippen LogP) is 3.58. The summed E-state index contributed by atoms with van der Waals surface area (Å²) >= 11 is 3.01. The number of carbonyl (C=O) groups excluding carboxylic acids is 1. The van der Waals surface area contributed by atoms with Crippen molar-refractivity contribution in [1.82, 2.24) is 9.55 Å². The van der Waals surface area contributed by atoms with E-state index in [1.165, 1.54) is 18.9 Å². The van der Waals surface area contributed by atoms with Crippen LogP contribution in [0.1, 0.15) is 27.7 Å². The lowest BCUT2D eigenvalue weighted by molar-refractivity contribution is 0.0600. The van der Waals surface area contributed by atoms with Gasteiger partial charge in [0, 0.05) is 4.88 Å². The topological polar surface area (TPSA) is 61.2 Å². The number of thiophene rings is 1. The summed E-state index contributed by atoms with van der Waals surface area (Å²) in [7, 11) is 1.35. The largest absolute Gasteiger partial charge is 0.465 e. The summed E-state index contributed by atoms with van der Waals surface area (Å²) in [5, 5.41) is 1.33. The molecular weight excluding hydrogens is 356 g/mol. The van der Waals surface area contributed by atoms with E-state index in [4.69, 9.17) is 4.74 Å². The Morgan fingerprint density at radius 3 is 2.84 bits per heavy atom. The number of methoxy groups -OCH3 is 1. The molecule has 0 spiro atoms. The van der Waals surface area contributed by atoms with Crippen molar-refractivity contribution in [3.05, 3.63) is 56.7 Å². The van der Waals surface area contributed by atoms with Crippen LogP contribution >= 0.6 is 23.1 Å². The number of nitrogens with zero attached hydrogens (tertiary/aromatic N) is 2. The fourth-order valence-electron chi connectivity index (χ4n) is 2.61.